The minimum absolute atomic E-state index is 0.304. The summed E-state index contributed by atoms with van der Waals surface area (Å²) in [7, 11) is 1.90. The van der Waals surface area contributed by atoms with Crippen LogP contribution < -0.4 is 0 Å². The fraction of sp³-hybridized carbons (Fsp3) is 0.267. The summed E-state index contributed by atoms with van der Waals surface area (Å²) < 4.78 is 1.82. The molecule has 0 amide bonds. The molecule has 1 aromatic carbocycles. The molecule has 0 aliphatic rings. The molecule has 0 bridgehead atoms. The second-order valence-corrected chi connectivity index (χ2v) is 5.07. The molecule has 0 atom stereocenters. The molecule has 0 saturated carbocycles. The molecule has 0 spiro atoms. The van der Waals surface area contributed by atoms with E-state index in [1.54, 1.807) is 18.2 Å². The van der Waals surface area contributed by atoms with Gasteiger partial charge >= 0.3 is 0 Å². The van der Waals surface area contributed by atoms with Crippen LogP contribution in [0.5, 0.6) is 0 Å². The number of nitrogens with zero attached hydrogens (tertiary/aromatic N) is 3. The molecular formula is C15H16N4O2. The Balaban J connectivity index is 2.15. The number of carbonyl (C=O) groups excluding carboxylic acids is 1. The molecule has 2 heterocycles. The molecule has 0 aliphatic carbocycles. The van der Waals surface area contributed by atoms with Crippen molar-refractivity contribution >= 4 is 16.8 Å². The quantitative estimate of drug-likeness (QED) is 0.718. The van der Waals surface area contributed by atoms with Gasteiger partial charge in [-0.15, -0.1) is 0 Å². The number of hydrogen-bond acceptors (Lipinski definition) is 4. The molecule has 3 aromatic rings. The van der Waals surface area contributed by atoms with E-state index in [0.29, 0.717) is 5.56 Å². The number of carbonyl (C=O) groups is 1. The third-order valence-corrected chi connectivity index (χ3v) is 3.69. The number of aliphatic hydroxyl groups excluding tert-OH is 1. The molecule has 2 aromatic heterocycles. The third kappa shape index (κ3) is 2.13. The number of nitrogens with one attached hydrogen (secondary N) is 1. The van der Waals surface area contributed by atoms with Gasteiger partial charge in [-0.25, -0.2) is 4.98 Å². The van der Waals surface area contributed by atoms with Crippen molar-refractivity contribution in [3.05, 3.63) is 35.2 Å². The lowest BCUT2D eigenvalue weighted by Gasteiger charge is -1.97. The third-order valence-electron chi connectivity index (χ3n) is 3.69. The highest BCUT2D eigenvalue weighted by atomic mass is 16.3. The van der Waals surface area contributed by atoms with Crippen molar-refractivity contribution in [2.24, 2.45) is 7.05 Å². The molecule has 108 valence electrons. The number of hydrogen-bond donors (Lipinski definition) is 2. The highest BCUT2D eigenvalue weighted by Crippen LogP contribution is 2.26. The summed E-state index contributed by atoms with van der Waals surface area (Å²) in [5.74, 6) is 0.434. The molecule has 6 heteroatoms. The number of ketones is 1. The van der Waals surface area contributed by atoms with Gasteiger partial charge in [0.2, 0.25) is 0 Å². The van der Waals surface area contributed by atoms with E-state index in [9.17, 15) is 4.79 Å². The number of aryl methyl sites for hydroxylation is 2. The minimum Gasteiger partial charge on any atom is -0.388 e. The van der Waals surface area contributed by atoms with Crippen LogP contribution in [-0.2, 0) is 7.05 Å². The van der Waals surface area contributed by atoms with Gasteiger partial charge in [0.1, 0.15) is 12.4 Å². The summed E-state index contributed by atoms with van der Waals surface area (Å²) in [4.78, 5) is 19.3. The van der Waals surface area contributed by atoms with Crippen LogP contribution in [0.2, 0.25) is 0 Å². The molecule has 0 unspecified atom stereocenters. The van der Waals surface area contributed by atoms with Crippen molar-refractivity contribution in [2.75, 3.05) is 6.61 Å². The standard InChI is InChI=1S/C15H16N4O2/c1-8-14(9(2)19(3)18-8)15-16-11-5-4-10(13(21)7-20)6-12(11)17-15/h4-6,20H,7H2,1-3H3,(H,16,17). The van der Waals surface area contributed by atoms with E-state index in [-0.39, 0.29) is 5.78 Å². The molecule has 0 aliphatic heterocycles. The fourth-order valence-electron chi connectivity index (χ4n) is 2.51. The van der Waals surface area contributed by atoms with E-state index in [4.69, 9.17) is 5.11 Å². The first-order chi connectivity index (χ1) is 10.0. The van der Waals surface area contributed by atoms with E-state index in [1.807, 2.05) is 25.6 Å². The fourth-order valence-corrected chi connectivity index (χ4v) is 2.51. The first kappa shape index (κ1) is 13.5. The van der Waals surface area contributed by atoms with Crippen LogP contribution in [0.15, 0.2) is 18.2 Å². The second-order valence-electron chi connectivity index (χ2n) is 5.07. The van der Waals surface area contributed by atoms with E-state index in [1.165, 1.54) is 0 Å². The Hall–Kier alpha value is -2.47. The molecule has 2 N–H and O–H groups in total. The predicted octanol–water partition coefficient (Wildman–Crippen LogP) is 1.76. The van der Waals surface area contributed by atoms with E-state index in [0.717, 1.165) is 33.8 Å². The highest BCUT2D eigenvalue weighted by molar-refractivity contribution is 5.99. The first-order valence-electron chi connectivity index (χ1n) is 6.65. The Morgan fingerprint density at radius 2 is 2.14 bits per heavy atom. The summed E-state index contributed by atoms with van der Waals surface area (Å²) >= 11 is 0. The first-order valence-corrected chi connectivity index (χ1v) is 6.65. The van der Waals surface area contributed by atoms with Crippen molar-refractivity contribution in [3.8, 4) is 11.4 Å². The van der Waals surface area contributed by atoms with Gasteiger partial charge in [0.05, 0.1) is 22.3 Å². The second kappa shape index (κ2) is 4.82. The SMILES string of the molecule is Cc1nn(C)c(C)c1-c1nc2ccc(C(=O)CO)cc2[nH]1. The number of benzene rings is 1. The van der Waals surface area contributed by atoms with Gasteiger partial charge in [0.25, 0.3) is 0 Å². The Bertz CT molecular complexity index is 845. The smallest absolute Gasteiger partial charge is 0.188 e. The van der Waals surface area contributed by atoms with E-state index in [2.05, 4.69) is 15.1 Å². The van der Waals surface area contributed by atoms with Gasteiger partial charge < -0.3 is 10.1 Å². The molecule has 21 heavy (non-hydrogen) atoms. The topological polar surface area (TPSA) is 83.8 Å². The Kier molecular flexibility index (Phi) is 3.10. The van der Waals surface area contributed by atoms with Crippen LogP contribution in [-0.4, -0.2) is 37.2 Å². The summed E-state index contributed by atoms with van der Waals surface area (Å²) in [6.07, 6.45) is 0. The molecule has 0 radical (unpaired) electrons. The number of H-pyrrole nitrogens is 1. The number of fused-ring (bicyclic) bond motifs is 1. The zero-order valence-electron chi connectivity index (χ0n) is 12.1. The van der Waals surface area contributed by atoms with Crippen molar-refractivity contribution in [1.82, 2.24) is 19.7 Å². The number of aromatic amines is 1. The minimum atomic E-state index is -0.493. The summed E-state index contributed by atoms with van der Waals surface area (Å²) in [6.45, 7) is 3.44. The summed E-state index contributed by atoms with van der Waals surface area (Å²) in [6, 6.07) is 5.17. The normalized spacial score (nSPS) is 11.2. The van der Waals surface area contributed by atoms with Crippen LogP contribution >= 0.6 is 0 Å². The van der Waals surface area contributed by atoms with Crippen LogP contribution in [0.3, 0.4) is 0 Å². The Morgan fingerprint density at radius 3 is 2.76 bits per heavy atom. The summed E-state index contributed by atoms with van der Waals surface area (Å²) in [5.41, 5.74) is 4.93. The molecule has 0 fully saturated rings. The zero-order valence-corrected chi connectivity index (χ0v) is 12.1. The lowest BCUT2D eigenvalue weighted by atomic mass is 10.1. The van der Waals surface area contributed by atoms with Gasteiger partial charge in [-0.1, -0.05) is 0 Å². The van der Waals surface area contributed by atoms with Crippen molar-refractivity contribution in [3.63, 3.8) is 0 Å². The molecule has 3 rings (SSSR count). The lowest BCUT2D eigenvalue weighted by molar-refractivity contribution is 0.0904. The number of rotatable bonds is 3. The largest absolute Gasteiger partial charge is 0.388 e. The van der Waals surface area contributed by atoms with Gasteiger partial charge in [-0.05, 0) is 32.0 Å². The number of aromatic nitrogens is 4. The van der Waals surface area contributed by atoms with E-state index >= 15 is 0 Å². The van der Waals surface area contributed by atoms with Crippen molar-refractivity contribution in [2.45, 2.75) is 13.8 Å². The van der Waals surface area contributed by atoms with E-state index < -0.39 is 6.61 Å². The van der Waals surface area contributed by atoms with Crippen LogP contribution in [0, 0.1) is 13.8 Å². The lowest BCUT2D eigenvalue weighted by Crippen LogP contribution is -2.03. The van der Waals surface area contributed by atoms with Gasteiger partial charge in [0, 0.05) is 18.3 Å². The maximum atomic E-state index is 11.5. The van der Waals surface area contributed by atoms with Gasteiger partial charge in [-0.3, -0.25) is 9.48 Å². The maximum Gasteiger partial charge on any atom is 0.188 e. The molecule has 0 saturated heterocycles. The van der Waals surface area contributed by atoms with Crippen LogP contribution in [0.4, 0.5) is 0 Å². The Labute approximate surface area is 121 Å². The number of aliphatic hydroxyl groups is 1. The van der Waals surface area contributed by atoms with Crippen LogP contribution in [0.1, 0.15) is 21.7 Å². The average Bonchev–Trinajstić information content (AvgIpc) is 2.98. The van der Waals surface area contributed by atoms with Crippen molar-refractivity contribution in [1.29, 1.82) is 0 Å². The van der Waals surface area contributed by atoms with Gasteiger partial charge in [-0.2, -0.15) is 5.10 Å². The molecular weight excluding hydrogens is 268 g/mol. The predicted molar refractivity (Wildman–Crippen MR) is 79.2 cm³/mol. The zero-order chi connectivity index (χ0) is 15.1. The highest BCUT2D eigenvalue weighted by Gasteiger charge is 2.16. The average molecular weight is 284 g/mol. The van der Waals surface area contributed by atoms with Crippen molar-refractivity contribution < 1.29 is 9.90 Å². The van der Waals surface area contributed by atoms with Crippen LogP contribution in [0.25, 0.3) is 22.4 Å². The number of imidazole rings is 1. The molecule has 6 nitrogen and oxygen atoms in total. The maximum absolute atomic E-state index is 11.5. The summed E-state index contributed by atoms with van der Waals surface area (Å²) in [5, 5.41) is 13.3. The Morgan fingerprint density at radius 1 is 1.38 bits per heavy atom. The van der Waals surface area contributed by atoms with Gasteiger partial charge in [0.15, 0.2) is 5.78 Å². The number of Topliss-reactive ketones (excluding diaryl/α,β-unsaturated/α-hetero) is 1. The monoisotopic (exact) mass is 284 g/mol.